The van der Waals surface area contributed by atoms with E-state index in [0.29, 0.717) is 11.8 Å². The minimum Gasteiger partial charge on any atom is -0.481 e. The molecule has 30 heavy (non-hydrogen) atoms. The van der Waals surface area contributed by atoms with Crippen LogP contribution < -0.4 is 9.64 Å². The van der Waals surface area contributed by atoms with Gasteiger partial charge in [-0.15, -0.1) is 0 Å². The number of hydrogen-bond acceptors (Lipinski definition) is 4. The number of carbonyl (C=O) groups is 1. The van der Waals surface area contributed by atoms with Crippen LogP contribution in [0.2, 0.25) is 0 Å². The Morgan fingerprint density at radius 3 is 2.23 bits per heavy atom. The van der Waals surface area contributed by atoms with Gasteiger partial charge in [0.15, 0.2) is 6.61 Å². The van der Waals surface area contributed by atoms with Crippen LogP contribution in [0.1, 0.15) is 44.9 Å². The van der Waals surface area contributed by atoms with Crippen LogP contribution in [-0.2, 0) is 9.53 Å². The first kappa shape index (κ1) is 18.5. The van der Waals surface area contributed by atoms with Crippen LogP contribution in [0.5, 0.6) is 5.75 Å². The highest BCUT2D eigenvalue weighted by Gasteiger charge is 2.49. The number of benzene rings is 2. The summed E-state index contributed by atoms with van der Waals surface area (Å²) in [4.78, 5) is 15.1. The molecule has 158 valence electrons. The monoisotopic (exact) mass is 405 g/mol. The molecule has 1 heterocycles. The third kappa shape index (κ3) is 3.25. The van der Waals surface area contributed by atoms with Crippen molar-refractivity contribution in [3.8, 4) is 5.75 Å². The van der Waals surface area contributed by atoms with Gasteiger partial charge in [-0.3, -0.25) is 0 Å². The third-order valence-corrected chi connectivity index (χ3v) is 8.06. The summed E-state index contributed by atoms with van der Waals surface area (Å²) in [6.07, 6.45) is 9.08. The highest BCUT2D eigenvalue weighted by Crippen LogP contribution is 2.54. The zero-order valence-electron chi connectivity index (χ0n) is 17.6. The van der Waals surface area contributed by atoms with Gasteiger partial charge < -0.3 is 14.4 Å². The van der Waals surface area contributed by atoms with Crippen molar-refractivity contribution in [2.75, 3.05) is 24.6 Å². The number of carbonyl (C=O) groups excluding carboxylic acids is 1. The van der Waals surface area contributed by atoms with E-state index in [4.69, 9.17) is 9.47 Å². The lowest BCUT2D eigenvalue weighted by Gasteiger charge is -2.53. The summed E-state index contributed by atoms with van der Waals surface area (Å²) in [6.45, 7) is 2.22. The lowest BCUT2D eigenvalue weighted by Crippen LogP contribution is -2.50. The van der Waals surface area contributed by atoms with Gasteiger partial charge in [0, 0.05) is 29.5 Å². The molecule has 0 amide bonds. The predicted molar refractivity (Wildman–Crippen MR) is 118 cm³/mol. The Kier molecular flexibility index (Phi) is 4.62. The Labute approximate surface area is 178 Å². The first-order valence-electron chi connectivity index (χ1n) is 11.8. The third-order valence-electron chi connectivity index (χ3n) is 8.06. The van der Waals surface area contributed by atoms with Gasteiger partial charge in [-0.1, -0.05) is 24.3 Å². The Hall–Kier alpha value is -2.23. The minimum absolute atomic E-state index is 0.00411. The molecular weight excluding hydrogens is 374 g/mol. The first-order valence-corrected chi connectivity index (χ1v) is 11.8. The molecule has 4 saturated carbocycles. The zero-order chi connectivity index (χ0) is 20.1. The molecule has 0 unspecified atom stereocenters. The maximum atomic E-state index is 12.7. The summed E-state index contributed by atoms with van der Waals surface area (Å²) in [5, 5.41) is 2.27. The van der Waals surface area contributed by atoms with Gasteiger partial charge in [0.05, 0.1) is 0 Å². The molecule has 5 fully saturated rings. The molecule has 5 aliphatic rings. The molecule has 0 N–H and O–H groups in total. The summed E-state index contributed by atoms with van der Waals surface area (Å²) in [7, 11) is 0. The van der Waals surface area contributed by atoms with E-state index in [1.807, 2.05) is 12.1 Å². The number of hydrogen-bond donors (Lipinski definition) is 0. The maximum absolute atomic E-state index is 12.7. The fraction of sp³-hybridized carbons (Fsp3) is 0.577. The van der Waals surface area contributed by atoms with E-state index in [-0.39, 0.29) is 18.7 Å². The molecule has 2 aromatic carbocycles. The van der Waals surface area contributed by atoms with Crippen molar-refractivity contribution < 1.29 is 14.3 Å². The van der Waals surface area contributed by atoms with Crippen LogP contribution in [0, 0.1) is 23.7 Å². The fourth-order valence-electron chi connectivity index (χ4n) is 7.01. The van der Waals surface area contributed by atoms with Crippen LogP contribution in [0.25, 0.3) is 10.8 Å². The van der Waals surface area contributed by atoms with Gasteiger partial charge in [0.2, 0.25) is 0 Å². The van der Waals surface area contributed by atoms with Gasteiger partial charge in [0.1, 0.15) is 11.9 Å². The van der Waals surface area contributed by atoms with Gasteiger partial charge in [-0.25, -0.2) is 4.79 Å². The summed E-state index contributed by atoms with van der Waals surface area (Å²) >= 11 is 0. The van der Waals surface area contributed by atoms with E-state index in [0.717, 1.165) is 36.1 Å². The number of esters is 1. The summed E-state index contributed by atoms with van der Waals surface area (Å²) in [6, 6.07) is 12.5. The molecule has 0 aromatic heterocycles. The maximum Gasteiger partial charge on any atom is 0.344 e. The van der Waals surface area contributed by atoms with Crippen LogP contribution in [-0.4, -0.2) is 31.8 Å². The molecule has 7 rings (SSSR count). The fourth-order valence-corrected chi connectivity index (χ4v) is 7.01. The highest BCUT2D eigenvalue weighted by molar-refractivity contribution is 5.98. The van der Waals surface area contributed by atoms with E-state index in [1.165, 1.54) is 56.0 Å². The second-order valence-corrected chi connectivity index (χ2v) is 10.00. The highest BCUT2D eigenvalue weighted by atomic mass is 16.6. The topological polar surface area (TPSA) is 38.8 Å². The van der Waals surface area contributed by atoms with Crippen molar-refractivity contribution in [3.63, 3.8) is 0 Å². The van der Waals surface area contributed by atoms with Crippen molar-refractivity contribution in [2.45, 2.75) is 51.0 Å². The quantitative estimate of drug-likeness (QED) is 0.642. The van der Waals surface area contributed by atoms with E-state index >= 15 is 0 Å². The number of anilines is 1. The molecule has 1 saturated heterocycles. The van der Waals surface area contributed by atoms with Gasteiger partial charge >= 0.3 is 5.97 Å². The lowest BCUT2D eigenvalue weighted by molar-refractivity contribution is -0.172. The average molecular weight is 406 g/mol. The molecule has 0 spiro atoms. The van der Waals surface area contributed by atoms with Crippen LogP contribution in [0.4, 0.5) is 5.69 Å². The number of rotatable bonds is 5. The Morgan fingerprint density at radius 1 is 0.867 bits per heavy atom. The van der Waals surface area contributed by atoms with Crippen molar-refractivity contribution >= 4 is 22.4 Å². The van der Waals surface area contributed by atoms with E-state index in [1.54, 1.807) is 0 Å². The number of nitrogens with zero attached hydrogens (tertiary/aromatic N) is 1. The molecule has 4 nitrogen and oxygen atoms in total. The van der Waals surface area contributed by atoms with Gasteiger partial charge in [0.25, 0.3) is 0 Å². The Bertz CT molecular complexity index is 920. The minimum atomic E-state index is -0.208. The second kappa shape index (κ2) is 7.47. The van der Waals surface area contributed by atoms with Crippen LogP contribution in [0.3, 0.4) is 0 Å². The van der Waals surface area contributed by atoms with E-state index < -0.39 is 0 Å². The molecule has 4 aliphatic carbocycles. The second-order valence-electron chi connectivity index (χ2n) is 10.00. The summed E-state index contributed by atoms with van der Waals surface area (Å²) in [5.74, 6) is 3.52. The smallest absolute Gasteiger partial charge is 0.344 e. The van der Waals surface area contributed by atoms with Crippen molar-refractivity contribution in [1.82, 2.24) is 0 Å². The normalized spacial score (nSPS) is 32.0. The van der Waals surface area contributed by atoms with Crippen LogP contribution in [0.15, 0.2) is 36.4 Å². The Morgan fingerprint density at radius 2 is 1.53 bits per heavy atom. The molecule has 2 aromatic rings. The first-order chi connectivity index (χ1) is 14.7. The standard InChI is InChI=1S/C26H31NO3/c28-25(30-26-19-12-17-11-18(14-19)15-20(26)13-17)16-29-24-8-7-23(27-9-3-4-10-27)21-5-1-2-6-22(21)24/h1-2,5-8,17-20,26H,3-4,9-16H2. The molecule has 0 atom stereocenters. The summed E-state index contributed by atoms with van der Waals surface area (Å²) < 4.78 is 12.0. The summed E-state index contributed by atoms with van der Waals surface area (Å²) in [5.41, 5.74) is 1.27. The lowest BCUT2D eigenvalue weighted by atomic mass is 9.55. The van der Waals surface area contributed by atoms with E-state index in [2.05, 4.69) is 29.2 Å². The van der Waals surface area contributed by atoms with Crippen molar-refractivity contribution in [3.05, 3.63) is 36.4 Å². The predicted octanol–water partition coefficient (Wildman–Crippen LogP) is 5.19. The molecule has 4 bridgehead atoms. The zero-order valence-corrected chi connectivity index (χ0v) is 17.6. The molecular formula is C26H31NO3. The van der Waals surface area contributed by atoms with E-state index in [9.17, 15) is 4.79 Å². The Balaban J connectivity index is 1.15. The average Bonchev–Trinajstić information content (AvgIpc) is 3.28. The molecule has 4 heteroatoms. The van der Waals surface area contributed by atoms with Gasteiger partial charge in [-0.05, 0) is 80.8 Å². The molecule has 1 aliphatic heterocycles. The number of fused-ring (bicyclic) bond motifs is 1. The largest absolute Gasteiger partial charge is 0.481 e. The van der Waals surface area contributed by atoms with Crippen molar-refractivity contribution in [2.24, 2.45) is 23.7 Å². The molecule has 0 radical (unpaired) electrons. The number of ether oxygens (including phenoxy) is 2. The van der Waals surface area contributed by atoms with Crippen LogP contribution >= 0.6 is 0 Å². The SMILES string of the molecule is O=C(COc1ccc(N2CCCC2)c2ccccc12)OC1C2CC3CC(C2)CC1C3. The van der Waals surface area contributed by atoms with Crippen molar-refractivity contribution in [1.29, 1.82) is 0 Å². The van der Waals surface area contributed by atoms with Gasteiger partial charge in [-0.2, -0.15) is 0 Å².